The van der Waals surface area contributed by atoms with Crippen molar-refractivity contribution < 1.29 is 0 Å². The maximum absolute atomic E-state index is 4.16. The molecule has 3 rings (SSSR count). The van der Waals surface area contributed by atoms with Gasteiger partial charge in [-0.15, -0.1) is 0 Å². The fourth-order valence-corrected chi connectivity index (χ4v) is 3.38. The Bertz CT molecular complexity index is 824. The first-order chi connectivity index (χ1) is 12.0. The van der Waals surface area contributed by atoms with Crippen LogP contribution in [-0.2, 0) is 6.42 Å². The molecule has 1 unspecified atom stereocenters. The monoisotopic (exact) mass is 329 g/mol. The molecule has 0 fully saturated rings. The summed E-state index contributed by atoms with van der Waals surface area (Å²) < 4.78 is 0. The SMILES string of the molecule is C=C(C)c1ccc(-c2cccc(CC(C)C)c2)cc1C1C=CC=CN1. The van der Waals surface area contributed by atoms with E-state index in [1.165, 1.54) is 27.8 Å². The number of hydrogen-bond donors (Lipinski definition) is 1. The van der Waals surface area contributed by atoms with E-state index in [4.69, 9.17) is 0 Å². The van der Waals surface area contributed by atoms with Crippen molar-refractivity contribution in [1.29, 1.82) is 0 Å². The lowest BCUT2D eigenvalue weighted by Crippen LogP contribution is -2.16. The van der Waals surface area contributed by atoms with Gasteiger partial charge in [0, 0.05) is 0 Å². The minimum absolute atomic E-state index is 0.190. The summed E-state index contributed by atoms with van der Waals surface area (Å²) in [4.78, 5) is 0. The van der Waals surface area contributed by atoms with Crippen LogP contribution in [0.25, 0.3) is 16.7 Å². The Labute approximate surface area is 151 Å². The third kappa shape index (κ3) is 4.11. The van der Waals surface area contributed by atoms with Crippen LogP contribution in [0.4, 0.5) is 0 Å². The Kier molecular flexibility index (Phi) is 5.23. The summed E-state index contributed by atoms with van der Waals surface area (Å²) in [7, 11) is 0. The molecule has 1 N–H and O–H groups in total. The van der Waals surface area contributed by atoms with Gasteiger partial charge in [-0.3, -0.25) is 0 Å². The Morgan fingerprint density at radius 1 is 1.08 bits per heavy atom. The summed E-state index contributed by atoms with van der Waals surface area (Å²) in [6.45, 7) is 10.8. The van der Waals surface area contributed by atoms with Gasteiger partial charge in [0.2, 0.25) is 0 Å². The Morgan fingerprint density at radius 3 is 2.56 bits per heavy atom. The van der Waals surface area contributed by atoms with Gasteiger partial charge in [-0.25, -0.2) is 0 Å². The summed E-state index contributed by atoms with van der Waals surface area (Å²) in [5.74, 6) is 0.667. The summed E-state index contributed by atoms with van der Waals surface area (Å²) in [5, 5.41) is 3.44. The second-order valence-electron chi connectivity index (χ2n) is 7.27. The van der Waals surface area contributed by atoms with Crippen LogP contribution in [0.1, 0.15) is 43.5 Å². The van der Waals surface area contributed by atoms with Gasteiger partial charge in [0.1, 0.15) is 0 Å². The molecule has 128 valence electrons. The van der Waals surface area contributed by atoms with Gasteiger partial charge < -0.3 is 5.32 Å². The van der Waals surface area contributed by atoms with E-state index in [0.29, 0.717) is 5.92 Å². The van der Waals surface area contributed by atoms with Crippen molar-refractivity contribution in [2.45, 2.75) is 33.2 Å². The van der Waals surface area contributed by atoms with E-state index in [-0.39, 0.29) is 6.04 Å². The molecule has 1 atom stereocenters. The predicted molar refractivity (Wildman–Crippen MR) is 109 cm³/mol. The standard InChI is InChI=1S/C24H27N/c1-17(2)14-19-8-7-9-20(15-19)21-11-12-22(18(3)4)23(16-21)24-10-5-6-13-25-24/h5-13,15-17,24-25H,3,14H2,1-2,4H3. The third-order valence-corrected chi connectivity index (χ3v) is 4.54. The maximum Gasteiger partial charge on any atom is 0.0701 e. The van der Waals surface area contributed by atoms with E-state index < -0.39 is 0 Å². The summed E-state index contributed by atoms with van der Waals surface area (Å²) in [6, 6.07) is 15.8. The highest BCUT2D eigenvalue weighted by Crippen LogP contribution is 2.31. The zero-order chi connectivity index (χ0) is 17.8. The largest absolute Gasteiger partial charge is 0.381 e. The molecule has 0 spiro atoms. The lowest BCUT2D eigenvalue weighted by atomic mass is 9.90. The molecule has 1 aliphatic heterocycles. The summed E-state index contributed by atoms with van der Waals surface area (Å²) >= 11 is 0. The first kappa shape index (κ1) is 17.3. The van der Waals surface area contributed by atoms with Crippen LogP contribution >= 0.6 is 0 Å². The van der Waals surface area contributed by atoms with Crippen LogP contribution in [-0.4, -0.2) is 0 Å². The van der Waals surface area contributed by atoms with E-state index >= 15 is 0 Å². The van der Waals surface area contributed by atoms with Gasteiger partial charge in [-0.2, -0.15) is 0 Å². The van der Waals surface area contributed by atoms with Crippen molar-refractivity contribution in [3.8, 4) is 11.1 Å². The molecule has 0 radical (unpaired) electrons. The molecule has 25 heavy (non-hydrogen) atoms. The van der Waals surface area contributed by atoms with Crippen LogP contribution in [0.15, 0.2) is 73.5 Å². The van der Waals surface area contributed by atoms with Gasteiger partial charge in [0.15, 0.2) is 0 Å². The van der Waals surface area contributed by atoms with Gasteiger partial charge >= 0.3 is 0 Å². The van der Waals surface area contributed by atoms with Crippen LogP contribution in [0, 0.1) is 5.92 Å². The molecule has 0 aromatic heterocycles. The summed E-state index contributed by atoms with van der Waals surface area (Å²) in [5.41, 5.74) is 7.54. The Balaban J connectivity index is 2.01. The highest BCUT2D eigenvalue weighted by molar-refractivity contribution is 5.72. The van der Waals surface area contributed by atoms with Gasteiger partial charge in [0.25, 0.3) is 0 Å². The number of dihydropyridines is 1. The molecule has 2 aromatic rings. The first-order valence-corrected chi connectivity index (χ1v) is 9.03. The van der Waals surface area contributed by atoms with Crippen molar-refractivity contribution in [3.05, 3.63) is 90.2 Å². The molecule has 2 aromatic carbocycles. The average Bonchev–Trinajstić information content (AvgIpc) is 2.61. The van der Waals surface area contributed by atoms with E-state index in [1.807, 2.05) is 12.3 Å². The van der Waals surface area contributed by atoms with Crippen LogP contribution in [0.5, 0.6) is 0 Å². The molecule has 1 nitrogen and oxygen atoms in total. The van der Waals surface area contributed by atoms with Crippen molar-refractivity contribution in [1.82, 2.24) is 5.32 Å². The minimum Gasteiger partial charge on any atom is -0.381 e. The number of hydrogen-bond acceptors (Lipinski definition) is 1. The van der Waals surface area contributed by atoms with Crippen LogP contribution < -0.4 is 5.32 Å². The molecule has 0 bridgehead atoms. The van der Waals surface area contributed by atoms with E-state index in [1.54, 1.807) is 0 Å². The topological polar surface area (TPSA) is 12.0 Å². The fourth-order valence-electron chi connectivity index (χ4n) is 3.38. The minimum atomic E-state index is 0.190. The first-order valence-electron chi connectivity index (χ1n) is 9.03. The van der Waals surface area contributed by atoms with Crippen molar-refractivity contribution >= 4 is 5.57 Å². The van der Waals surface area contributed by atoms with Crippen LogP contribution in [0.2, 0.25) is 0 Å². The molecule has 0 saturated carbocycles. The molecule has 1 aliphatic rings. The summed E-state index contributed by atoms with van der Waals surface area (Å²) in [6.07, 6.45) is 9.43. The van der Waals surface area contributed by atoms with Crippen molar-refractivity contribution in [2.24, 2.45) is 5.92 Å². The number of allylic oxidation sites excluding steroid dienone is 3. The number of nitrogens with one attached hydrogen (secondary N) is 1. The fraction of sp³-hybridized carbons (Fsp3) is 0.250. The highest BCUT2D eigenvalue weighted by atomic mass is 14.9. The molecular formula is C24H27N. The van der Waals surface area contributed by atoms with Gasteiger partial charge in [-0.05, 0) is 65.4 Å². The Morgan fingerprint density at radius 2 is 1.88 bits per heavy atom. The number of benzene rings is 2. The smallest absolute Gasteiger partial charge is 0.0701 e. The van der Waals surface area contributed by atoms with Crippen LogP contribution in [0.3, 0.4) is 0 Å². The quantitative estimate of drug-likeness (QED) is 0.679. The molecular weight excluding hydrogens is 302 g/mol. The molecule has 1 heteroatoms. The average molecular weight is 329 g/mol. The predicted octanol–water partition coefficient (Wildman–Crippen LogP) is 6.30. The Hall–Kier alpha value is -2.54. The van der Waals surface area contributed by atoms with E-state index in [0.717, 1.165) is 12.0 Å². The number of rotatable bonds is 5. The normalized spacial score (nSPS) is 16.1. The van der Waals surface area contributed by atoms with E-state index in [9.17, 15) is 0 Å². The molecule has 1 heterocycles. The second-order valence-corrected chi connectivity index (χ2v) is 7.27. The zero-order valence-corrected chi connectivity index (χ0v) is 15.4. The second kappa shape index (κ2) is 7.57. The van der Waals surface area contributed by atoms with Gasteiger partial charge in [-0.1, -0.05) is 74.5 Å². The van der Waals surface area contributed by atoms with Crippen molar-refractivity contribution in [2.75, 3.05) is 0 Å². The van der Waals surface area contributed by atoms with E-state index in [2.05, 4.69) is 87.3 Å². The molecule has 0 saturated heterocycles. The van der Waals surface area contributed by atoms with Crippen molar-refractivity contribution in [3.63, 3.8) is 0 Å². The molecule has 0 amide bonds. The third-order valence-electron chi connectivity index (χ3n) is 4.54. The zero-order valence-electron chi connectivity index (χ0n) is 15.4. The molecule has 0 aliphatic carbocycles. The highest BCUT2D eigenvalue weighted by Gasteiger charge is 2.14. The lowest BCUT2D eigenvalue weighted by Gasteiger charge is -2.21. The lowest BCUT2D eigenvalue weighted by molar-refractivity contribution is 0.647. The van der Waals surface area contributed by atoms with Gasteiger partial charge in [0.05, 0.1) is 6.04 Å². The maximum atomic E-state index is 4.16.